The van der Waals surface area contributed by atoms with Gasteiger partial charge in [0.25, 0.3) is 5.91 Å². The SMILES string of the molecule is CCn1nccc1NC(=O)c1cc(S(C)(=O)=O)ccc1Cl. The third-order valence-corrected chi connectivity index (χ3v) is 4.31. The van der Waals surface area contributed by atoms with Gasteiger partial charge in [0.2, 0.25) is 0 Å². The van der Waals surface area contributed by atoms with Crippen molar-refractivity contribution in [1.29, 1.82) is 0 Å². The van der Waals surface area contributed by atoms with E-state index in [1.165, 1.54) is 18.2 Å². The molecule has 112 valence electrons. The van der Waals surface area contributed by atoms with Crippen LogP contribution in [0.2, 0.25) is 5.02 Å². The van der Waals surface area contributed by atoms with E-state index in [1.807, 2.05) is 6.92 Å². The first-order valence-electron chi connectivity index (χ1n) is 6.15. The Balaban J connectivity index is 2.35. The predicted molar refractivity (Wildman–Crippen MR) is 80.4 cm³/mol. The monoisotopic (exact) mass is 327 g/mol. The van der Waals surface area contributed by atoms with Gasteiger partial charge in [0.1, 0.15) is 5.82 Å². The average Bonchev–Trinajstić information content (AvgIpc) is 2.84. The molecule has 0 aliphatic rings. The van der Waals surface area contributed by atoms with Crippen LogP contribution in [-0.4, -0.2) is 30.4 Å². The maximum atomic E-state index is 12.2. The summed E-state index contributed by atoms with van der Waals surface area (Å²) < 4.78 is 24.7. The number of nitrogens with zero attached hydrogens (tertiary/aromatic N) is 2. The van der Waals surface area contributed by atoms with Crippen molar-refractivity contribution in [2.75, 3.05) is 11.6 Å². The van der Waals surface area contributed by atoms with Crippen molar-refractivity contribution in [2.24, 2.45) is 0 Å². The molecule has 2 aromatic rings. The van der Waals surface area contributed by atoms with Gasteiger partial charge < -0.3 is 5.32 Å². The van der Waals surface area contributed by atoms with Crippen LogP contribution in [0.4, 0.5) is 5.82 Å². The molecule has 2 rings (SSSR count). The summed E-state index contributed by atoms with van der Waals surface area (Å²) in [6, 6.07) is 5.67. The molecular formula is C13H14ClN3O3S. The Bertz CT molecular complexity index is 784. The molecule has 0 saturated carbocycles. The number of benzene rings is 1. The number of carbonyl (C=O) groups is 1. The first-order chi connectivity index (χ1) is 9.82. The molecule has 0 fully saturated rings. The minimum absolute atomic E-state index is 0.0426. The number of hydrogen-bond acceptors (Lipinski definition) is 4. The van der Waals surface area contributed by atoms with Crippen molar-refractivity contribution in [1.82, 2.24) is 9.78 Å². The third-order valence-electron chi connectivity index (χ3n) is 2.87. The Morgan fingerprint density at radius 3 is 2.71 bits per heavy atom. The van der Waals surface area contributed by atoms with Gasteiger partial charge in [-0.3, -0.25) is 4.79 Å². The maximum absolute atomic E-state index is 12.2. The number of sulfone groups is 1. The summed E-state index contributed by atoms with van der Waals surface area (Å²) in [5, 5.41) is 6.88. The van der Waals surface area contributed by atoms with Gasteiger partial charge in [-0.05, 0) is 25.1 Å². The summed E-state index contributed by atoms with van der Waals surface area (Å²) in [7, 11) is -3.41. The second-order valence-electron chi connectivity index (χ2n) is 4.40. The molecule has 1 aromatic heterocycles. The summed E-state index contributed by atoms with van der Waals surface area (Å²) in [4.78, 5) is 12.3. The maximum Gasteiger partial charge on any atom is 0.258 e. The van der Waals surface area contributed by atoms with Gasteiger partial charge in [0.05, 0.1) is 21.7 Å². The highest BCUT2D eigenvalue weighted by Crippen LogP contribution is 2.21. The third kappa shape index (κ3) is 3.43. The largest absolute Gasteiger partial charge is 0.307 e. The summed E-state index contributed by atoms with van der Waals surface area (Å²) in [6.07, 6.45) is 2.64. The summed E-state index contributed by atoms with van der Waals surface area (Å²) >= 11 is 5.98. The molecule has 0 aliphatic carbocycles. The molecule has 0 unspecified atom stereocenters. The van der Waals surface area contributed by atoms with E-state index in [0.717, 1.165) is 6.26 Å². The molecule has 1 aromatic carbocycles. The van der Waals surface area contributed by atoms with Gasteiger partial charge in [0.15, 0.2) is 9.84 Å². The second-order valence-corrected chi connectivity index (χ2v) is 6.82. The number of rotatable bonds is 4. The molecule has 8 heteroatoms. The Kier molecular flexibility index (Phi) is 4.34. The van der Waals surface area contributed by atoms with E-state index in [1.54, 1.807) is 16.9 Å². The molecule has 1 heterocycles. The predicted octanol–water partition coefficient (Wildman–Crippen LogP) is 2.21. The minimum atomic E-state index is -3.41. The lowest BCUT2D eigenvalue weighted by Gasteiger charge is -2.09. The van der Waals surface area contributed by atoms with Crippen LogP contribution in [-0.2, 0) is 16.4 Å². The zero-order valence-electron chi connectivity index (χ0n) is 11.5. The van der Waals surface area contributed by atoms with Crippen molar-refractivity contribution < 1.29 is 13.2 Å². The Hall–Kier alpha value is -1.86. The van der Waals surface area contributed by atoms with E-state index < -0.39 is 15.7 Å². The van der Waals surface area contributed by atoms with Gasteiger partial charge in [-0.1, -0.05) is 11.6 Å². The number of amides is 1. The standard InChI is InChI=1S/C13H14ClN3O3S/c1-3-17-12(6-7-15-17)16-13(18)10-8-9(21(2,19)20)4-5-11(10)14/h4-8H,3H2,1-2H3,(H,16,18). The van der Waals surface area contributed by atoms with Crippen LogP contribution in [0.1, 0.15) is 17.3 Å². The molecular weight excluding hydrogens is 314 g/mol. The van der Waals surface area contributed by atoms with Crippen LogP contribution < -0.4 is 5.32 Å². The van der Waals surface area contributed by atoms with Crippen molar-refractivity contribution in [3.05, 3.63) is 41.0 Å². The first kappa shape index (κ1) is 15.5. The molecule has 0 atom stereocenters. The van der Waals surface area contributed by atoms with E-state index in [-0.39, 0.29) is 15.5 Å². The molecule has 0 spiro atoms. The average molecular weight is 328 g/mol. The Morgan fingerprint density at radius 1 is 1.38 bits per heavy atom. The number of aryl methyl sites for hydroxylation is 1. The molecule has 1 N–H and O–H groups in total. The highest BCUT2D eigenvalue weighted by molar-refractivity contribution is 7.90. The number of aromatic nitrogens is 2. The number of carbonyl (C=O) groups excluding carboxylic acids is 1. The molecule has 6 nitrogen and oxygen atoms in total. The number of nitrogens with one attached hydrogen (secondary N) is 1. The van der Waals surface area contributed by atoms with E-state index in [4.69, 9.17) is 11.6 Å². The van der Waals surface area contributed by atoms with Crippen LogP contribution >= 0.6 is 11.6 Å². The summed E-state index contributed by atoms with van der Waals surface area (Å²) in [5.74, 6) is 0.0315. The van der Waals surface area contributed by atoms with E-state index in [0.29, 0.717) is 12.4 Å². The lowest BCUT2D eigenvalue weighted by Crippen LogP contribution is -2.16. The molecule has 1 amide bonds. The number of hydrogen-bond donors (Lipinski definition) is 1. The topological polar surface area (TPSA) is 81.1 Å². The fourth-order valence-electron chi connectivity index (χ4n) is 1.78. The lowest BCUT2D eigenvalue weighted by molar-refractivity contribution is 0.102. The molecule has 0 bridgehead atoms. The van der Waals surface area contributed by atoms with Gasteiger partial charge in [0, 0.05) is 18.9 Å². The van der Waals surface area contributed by atoms with E-state index in [9.17, 15) is 13.2 Å². The van der Waals surface area contributed by atoms with Crippen molar-refractivity contribution in [2.45, 2.75) is 18.4 Å². The molecule has 0 saturated heterocycles. The highest BCUT2D eigenvalue weighted by atomic mass is 35.5. The van der Waals surface area contributed by atoms with E-state index in [2.05, 4.69) is 10.4 Å². The van der Waals surface area contributed by atoms with Gasteiger partial charge in [-0.2, -0.15) is 5.10 Å². The van der Waals surface area contributed by atoms with Crippen LogP contribution in [0.5, 0.6) is 0 Å². The molecule has 21 heavy (non-hydrogen) atoms. The Morgan fingerprint density at radius 2 is 2.10 bits per heavy atom. The molecule has 0 aliphatic heterocycles. The van der Waals surface area contributed by atoms with Crippen LogP contribution in [0.25, 0.3) is 0 Å². The lowest BCUT2D eigenvalue weighted by atomic mass is 10.2. The fraction of sp³-hybridized carbons (Fsp3) is 0.231. The van der Waals surface area contributed by atoms with Crippen LogP contribution in [0.15, 0.2) is 35.4 Å². The fourth-order valence-corrected chi connectivity index (χ4v) is 2.63. The van der Waals surface area contributed by atoms with Crippen molar-refractivity contribution in [3.8, 4) is 0 Å². The number of anilines is 1. The van der Waals surface area contributed by atoms with Crippen molar-refractivity contribution in [3.63, 3.8) is 0 Å². The summed E-state index contributed by atoms with van der Waals surface area (Å²) in [6.45, 7) is 2.49. The summed E-state index contributed by atoms with van der Waals surface area (Å²) in [5.41, 5.74) is 0.100. The van der Waals surface area contributed by atoms with Crippen LogP contribution in [0, 0.1) is 0 Å². The van der Waals surface area contributed by atoms with Crippen LogP contribution in [0.3, 0.4) is 0 Å². The quantitative estimate of drug-likeness (QED) is 0.933. The number of halogens is 1. The van der Waals surface area contributed by atoms with E-state index >= 15 is 0 Å². The first-order valence-corrected chi connectivity index (χ1v) is 8.42. The zero-order chi connectivity index (χ0) is 15.6. The molecule has 0 radical (unpaired) electrons. The smallest absolute Gasteiger partial charge is 0.258 e. The van der Waals surface area contributed by atoms with Gasteiger partial charge >= 0.3 is 0 Å². The normalized spacial score (nSPS) is 11.4. The van der Waals surface area contributed by atoms with Gasteiger partial charge in [-0.15, -0.1) is 0 Å². The zero-order valence-corrected chi connectivity index (χ0v) is 13.1. The minimum Gasteiger partial charge on any atom is -0.307 e. The highest BCUT2D eigenvalue weighted by Gasteiger charge is 2.16. The van der Waals surface area contributed by atoms with Gasteiger partial charge in [-0.25, -0.2) is 13.1 Å². The second kappa shape index (κ2) is 5.87. The Labute approximate surface area is 127 Å². The van der Waals surface area contributed by atoms with Crippen molar-refractivity contribution >= 4 is 33.2 Å².